The summed E-state index contributed by atoms with van der Waals surface area (Å²) >= 11 is 5.87. The van der Waals surface area contributed by atoms with E-state index in [-0.39, 0.29) is 0 Å². The molecule has 0 fully saturated rings. The minimum absolute atomic E-state index is 0.811. The van der Waals surface area contributed by atoms with Crippen LogP contribution in [0.2, 0.25) is 5.02 Å². The highest BCUT2D eigenvalue weighted by molar-refractivity contribution is 6.30. The van der Waals surface area contributed by atoms with Gasteiger partial charge in [0.05, 0.1) is 0 Å². The van der Waals surface area contributed by atoms with E-state index < -0.39 is 0 Å². The molecule has 1 aromatic carbocycles. The van der Waals surface area contributed by atoms with E-state index in [2.05, 4.69) is 23.5 Å². The van der Waals surface area contributed by atoms with Crippen molar-refractivity contribution in [1.29, 1.82) is 0 Å². The molecule has 0 spiro atoms. The maximum Gasteiger partial charge on any atom is 0.0408 e. The summed E-state index contributed by atoms with van der Waals surface area (Å²) in [6, 6.07) is 7.98. The van der Waals surface area contributed by atoms with Crippen LogP contribution in [0.3, 0.4) is 0 Å². The van der Waals surface area contributed by atoms with Crippen LogP contribution >= 0.6 is 11.6 Å². The molecule has 0 heterocycles. The highest BCUT2D eigenvalue weighted by Crippen LogP contribution is 2.11. The zero-order valence-electron chi connectivity index (χ0n) is 8.46. The van der Waals surface area contributed by atoms with Crippen LogP contribution in [0.25, 0.3) is 0 Å². The molecule has 1 N–H and O–H groups in total. The molecule has 1 rings (SSSR count). The maximum atomic E-state index is 5.87. The lowest BCUT2D eigenvalue weighted by Crippen LogP contribution is -2.05. The van der Waals surface area contributed by atoms with Gasteiger partial charge in [0.2, 0.25) is 0 Å². The van der Waals surface area contributed by atoms with Gasteiger partial charge >= 0.3 is 0 Å². The van der Waals surface area contributed by atoms with E-state index in [0.29, 0.717) is 0 Å². The van der Waals surface area contributed by atoms with Crippen molar-refractivity contribution in [2.45, 2.75) is 12.8 Å². The lowest BCUT2D eigenvalue weighted by atomic mass is 10.1. The quantitative estimate of drug-likeness (QED) is 0.581. The highest BCUT2D eigenvalue weighted by Gasteiger charge is 1.90. The molecule has 1 nitrogen and oxygen atoms in total. The van der Waals surface area contributed by atoms with E-state index in [9.17, 15) is 0 Å². The second kappa shape index (κ2) is 6.63. The van der Waals surface area contributed by atoms with Gasteiger partial charge in [0.15, 0.2) is 0 Å². The molecule has 0 radical (unpaired) electrons. The highest BCUT2D eigenvalue weighted by atomic mass is 35.5. The summed E-state index contributed by atoms with van der Waals surface area (Å²) < 4.78 is 0. The van der Waals surface area contributed by atoms with Gasteiger partial charge in [-0.1, -0.05) is 35.9 Å². The van der Waals surface area contributed by atoms with Gasteiger partial charge in [-0.25, -0.2) is 0 Å². The number of halogens is 1. The Morgan fingerprint density at radius 1 is 1.36 bits per heavy atom. The largest absolute Gasteiger partial charge is 0.319 e. The predicted octanol–water partition coefficient (Wildman–Crippen LogP) is 3.05. The third kappa shape index (κ3) is 4.45. The van der Waals surface area contributed by atoms with Crippen molar-refractivity contribution in [2.75, 3.05) is 13.6 Å². The summed E-state index contributed by atoms with van der Waals surface area (Å²) in [5.74, 6) is 0. The van der Waals surface area contributed by atoms with Gasteiger partial charge in [-0.2, -0.15) is 0 Å². The summed E-state index contributed by atoms with van der Waals surface area (Å²) in [6.45, 7) is 1.03. The molecule has 0 aromatic heterocycles. The molecule has 2 heteroatoms. The third-order valence-electron chi connectivity index (χ3n) is 1.97. The number of rotatable bonds is 5. The maximum absolute atomic E-state index is 5.87. The van der Waals surface area contributed by atoms with Gasteiger partial charge in [-0.3, -0.25) is 0 Å². The van der Waals surface area contributed by atoms with Crippen molar-refractivity contribution in [3.63, 3.8) is 0 Å². The van der Waals surface area contributed by atoms with Crippen LogP contribution in [-0.2, 0) is 6.42 Å². The lowest BCUT2D eigenvalue weighted by molar-refractivity contribution is 0.806. The number of hydrogen-bond donors (Lipinski definition) is 1. The standard InChI is InChI=1S/C12H16ClN/c1-14-9-4-2-3-6-11-7-5-8-12(13)10-11/h2-3,5,7-8,10,14H,4,6,9H2,1H3. The first kappa shape index (κ1) is 11.3. The third-order valence-corrected chi connectivity index (χ3v) is 2.21. The first-order chi connectivity index (χ1) is 6.83. The number of hydrogen-bond acceptors (Lipinski definition) is 1. The Bertz CT molecular complexity index is 294. The molecule has 0 amide bonds. The van der Waals surface area contributed by atoms with Gasteiger partial charge in [0.25, 0.3) is 0 Å². The van der Waals surface area contributed by atoms with Crippen LogP contribution < -0.4 is 5.32 Å². The molecular formula is C12H16ClN. The first-order valence-corrected chi connectivity index (χ1v) is 5.25. The molecular weight excluding hydrogens is 194 g/mol. The van der Waals surface area contributed by atoms with Gasteiger partial charge < -0.3 is 5.32 Å². The molecule has 0 saturated carbocycles. The van der Waals surface area contributed by atoms with E-state index in [1.165, 1.54) is 5.56 Å². The minimum Gasteiger partial charge on any atom is -0.319 e. The van der Waals surface area contributed by atoms with E-state index in [4.69, 9.17) is 11.6 Å². The normalized spacial score (nSPS) is 11.0. The van der Waals surface area contributed by atoms with Gasteiger partial charge in [-0.15, -0.1) is 0 Å². The molecule has 0 aliphatic heterocycles. The van der Waals surface area contributed by atoms with Gasteiger partial charge in [0.1, 0.15) is 0 Å². The summed E-state index contributed by atoms with van der Waals surface area (Å²) in [6.07, 6.45) is 6.42. The Balaban J connectivity index is 2.34. The van der Waals surface area contributed by atoms with Crippen LogP contribution in [0.5, 0.6) is 0 Å². The average Bonchev–Trinajstić information content (AvgIpc) is 2.18. The van der Waals surface area contributed by atoms with Crippen LogP contribution in [0, 0.1) is 0 Å². The second-order valence-electron chi connectivity index (χ2n) is 3.20. The molecule has 0 atom stereocenters. The van der Waals surface area contributed by atoms with Crippen molar-refractivity contribution in [2.24, 2.45) is 0 Å². The summed E-state index contributed by atoms with van der Waals surface area (Å²) in [7, 11) is 1.96. The summed E-state index contributed by atoms with van der Waals surface area (Å²) in [5, 5.41) is 3.91. The summed E-state index contributed by atoms with van der Waals surface area (Å²) in [5.41, 5.74) is 1.26. The fraction of sp³-hybridized carbons (Fsp3) is 0.333. The number of allylic oxidation sites excluding steroid dienone is 1. The van der Waals surface area contributed by atoms with E-state index in [1.807, 2.05) is 25.2 Å². The average molecular weight is 210 g/mol. The van der Waals surface area contributed by atoms with Crippen molar-refractivity contribution < 1.29 is 0 Å². The van der Waals surface area contributed by atoms with Crippen molar-refractivity contribution >= 4 is 11.6 Å². The van der Waals surface area contributed by atoms with Crippen molar-refractivity contribution in [3.8, 4) is 0 Å². The van der Waals surface area contributed by atoms with Gasteiger partial charge in [0, 0.05) is 5.02 Å². The Morgan fingerprint density at radius 2 is 2.21 bits per heavy atom. The zero-order valence-corrected chi connectivity index (χ0v) is 9.22. The van der Waals surface area contributed by atoms with Crippen LogP contribution in [0.15, 0.2) is 36.4 Å². The lowest BCUT2D eigenvalue weighted by Gasteiger charge is -1.96. The van der Waals surface area contributed by atoms with Crippen molar-refractivity contribution in [1.82, 2.24) is 5.32 Å². The van der Waals surface area contributed by atoms with E-state index >= 15 is 0 Å². The number of nitrogens with one attached hydrogen (secondary N) is 1. The fourth-order valence-electron chi connectivity index (χ4n) is 1.23. The molecule has 0 bridgehead atoms. The molecule has 0 saturated heterocycles. The van der Waals surface area contributed by atoms with E-state index in [1.54, 1.807) is 0 Å². The van der Waals surface area contributed by atoms with Crippen LogP contribution in [-0.4, -0.2) is 13.6 Å². The zero-order chi connectivity index (χ0) is 10.2. The molecule has 76 valence electrons. The van der Waals surface area contributed by atoms with Crippen molar-refractivity contribution in [3.05, 3.63) is 47.0 Å². The van der Waals surface area contributed by atoms with E-state index in [0.717, 1.165) is 24.4 Å². The molecule has 0 aliphatic rings. The van der Waals surface area contributed by atoms with Gasteiger partial charge in [-0.05, 0) is 44.1 Å². The predicted molar refractivity (Wildman–Crippen MR) is 62.8 cm³/mol. The number of benzene rings is 1. The summed E-state index contributed by atoms with van der Waals surface area (Å²) in [4.78, 5) is 0. The Hall–Kier alpha value is -0.790. The monoisotopic (exact) mass is 209 g/mol. The Kier molecular flexibility index (Phi) is 5.35. The topological polar surface area (TPSA) is 12.0 Å². The molecule has 14 heavy (non-hydrogen) atoms. The fourth-order valence-corrected chi connectivity index (χ4v) is 1.44. The SMILES string of the molecule is CNCCC=CCc1cccc(Cl)c1. The Morgan fingerprint density at radius 3 is 2.93 bits per heavy atom. The molecule has 0 unspecified atom stereocenters. The van der Waals surface area contributed by atoms with Crippen LogP contribution in [0.4, 0.5) is 0 Å². The smallest absolute Gasteiger partial charge is 0.0408 e. The van der Waals surface area contributed by atoms with Crippen LogP contribution in [0.1, 0.15) is 12.0 Å². The second-order valence-corrected chi connectivity index (χ2v) is 3.63. The molecule has 0 aliphatic carbocycles. The molecule has 1 aromatic rings. The first-order valence-electron chi connectivity index (χ1n) is 4.87. The minimum atomic E-state index is 0.811. The Labute approximate surface area is 90.8 Å².